The maximum Gasteiger partial charge on any atom is 0.323 e. The lowest BCUT2D eigenvalue weighted by molar-refractivity contribution is -0.139. The number of piperidine rings is 1. The Bertz CT molecular complexity index is 1390. The molecule has 0 radical (unpaired) electrons. The lowest BCUT2D eigenvalue weighted by atomic mass is 10.1. The van der Waals surface area contributed by atoms with E-state index in [1.807, 2.05) is 0 Å². The SMILES string of the molecule is NC(=O)n1cc(CC(=O)N2C[C@@H]3C[C@@H]3[C@H]2C(=O)NCc2cccc(Cl)c2F)c2cc(OCCO)ccc21. The number of aromatic nitrogens is 1. The number of carbonyl (C=O) groups excluding carboxylic acids is 3. The van der Waals surface area contributed by atoms with Crippen molar-refractivity contribution in [3.8, 4) is 5.75 Å². The molecule has 194 valence electrons. The van der Waals surface area contributed by atoms with Crippen molar-refractivity contribution in [2.24, 2.45) is 17.6 Å². The van der Waals surface area contributed by atoms with Gasteiger partial charge in [-0.05, 0) is 48.1 Å². The maximum absolute atomic E-state index is 14.2. The number of hydrogen-bond acceptors (Lipinski definition) is 5. The molecule has 0 spiro atoms. The molecule has 1 aromatic heterocycles. The molecule has 5 rings (SSSR count). The molecule has 1 saturated heterocycles. The number of likely N-dealkylation sites (tertiary alicyclic amines) is 1. The topological polar surface area (TPSA) is 127 Å². The molecule has 2 fully saturated rings. The second-order valence-electron chi connectivity index (χ2n) is 9.37. The number of carbonyl (C=O) groups is 3. The average molecular weight is 529 g/mol. The number of rotatable bonds is 8. The molecule has 0 bridgehead atoms. The highest BCUT2D eigenvalue weighted by Gasteiger charge is 2.56. The van der Waals surface area contributed by atoms with Gasteiger partial charge < -0.3 is 25.8 Å². The first kappa shape index (κ1) is 25.0. The molecule has 1 saturated carbocycles. The number of ether oxygens (including phenoxy) is 1. The van der Waals surface area contributed by atoms with Crippen molar-refractivity contribution in [3.63, 3.8) is 0 Å². The van der Waals surface area contributed by atoms with E-state index in [1.54, 1.807) is 35.2 Å². The van der Waals surface area contributed by atoms with Gasteiger partial charge >= 0.3 is 6.03 Å². The predicted octanol–water partition coefficient (Wildman–Crippen LogP) is 2.44. The van der Waals surface area contributed by atoms with Gasteiger partial charge in [-0.1, -0.05) is 23.7 Å². The molecule has 9 nitrogen and oxygen atoms in total. The van der Waals surface area contributed by atoms with E-state index in [4.69, 9.17) is 27.2 Å². The minimum absolute atomic E-state index is 0.0216. The van der Waals surface area contributed by atoms with Crippen LogP contribution in [0.5, 0.6) is 5.75 Å². The Morgan fingerprint density at radius 2 is 2.03 bits per heavy atom. The highest BCUT2D eigenvalue weighted by molar-refractivity contribution is 6.30. The monoisotopic (exact) mass is 528 g/mol. The molecule has 2 aromatic carbocycles. The lowest BCUT2D eigenvalue weighted by Crippen LogP contribution is -2.48. The van der Waals surface area contributed by atoms with Crippen molar-refractivity contribution in [2.75, 3.05) is 19.8 Å². The average Bonchev–Trinajstić information content (AvgIpc) is 3.39. The van der Waals surface area contributed by atoms with Crippen LogP contribution in [0.1, 0.15) is 17.5 Å². The number of amides is 3. The van der Waals surface area contributed by atoms with Crippen molar-refractivity contribution in [3.05, 3.63) is 64.6 Å². The number of nitrogens with two attached hydrogens (primary N) is 1. The number of halogens is 2. The molecule has 0 unspecified atom stereocenters. The number of primary amides is 1. The van der Waals surface area contributed by atoms with Gasteiger partial charge in [-0.15, -0.1) is 0 Å². The van der Waals surface area contributed by atoms with Crippen molar-refractivity contribution < 1.29 is 28.6 Å². The summed E-state index contributed by atoms with van der Waals surface area (Å²) in [5.41, 5.74) is 6.88. The first-order valence-electron chi connectivity index (χ1n) is 12.0. The van der Waals surface area contributed by atoms with Crippen LogP contribution in [0.2, 0.25) is 5.02 Å². The first-order chi connectivity index (χ1) is 17.8. The fourth-order valence-corrected chi connectivity index (χ4v) is 5.34. The van der Waals surface area contributed by atoms with Gasteiger partial charge in [-0.2, -0.15) is 0 Å². The van der Waals surface area contributed by atoms with E-state index in [9.17, 15) is 18.8 Å². The number of nitrogens with zero attached hydrogens (tertiary/aromatic N) is 2. The number of benzene rings is 2. The summed E-state index contributed by atoms with van der Waals surface area (Å²) in [6.45, 7) is 0.370. The fraction of sp³-hybridized carbons (Fsp3) is 0.346. The van der Waals surface area contributed by atoms with Crippen LogP contribution < -0.4 is 15.8 Å². The van der Waals surface area contributed by atoms with E-state index in [1.165, 1.54) is 16.8 Å². The van der Waals surface area contributed by atoms with E-state index in [-0.39, 0.29) is 60.4 Å². The van der Waals surface area contributed by atoms with Gasteiger partial charge in [-0.3, -0.25) is 14.2 Å². The quantitative estimate of drug-likeness (QED) is 0.414. The zero-order valence-corrected chi connectivity index (χ0v) is 20.6. The number of aliphatic hydroxyl groups excluding tert-OH is 1. The van der Waals surface area contributed by atoms with E-state index in [2.05, 4.69) is 5.32 Å². The van der Waals surface area contributed by atoms with Gasteiger partial charge in [-0.25, -0.2) is 9.18 Å². The van der Waals surface area contributed by atoms with E-state index in [0.717, 1.165) is 6.42 Å². The standard InChI is InChI=1S/C26H26ClFN4O5/c27-20-3-1-2-14(23(20)28)11-30-25(35)24-19-8-15(19)13-32(24)22(34)9-16-12-31(26(29)36)21-5-4-17(10-18(16)21)37-7-6-33/h1-5,10,12,15,19,24,33H,6-9,11,13H2,(H2,29,36)(H,30,35)/t15-,19-,24-/m0/s1. The Hall–Kier alpha value is -3.63. The molecule has 3 atom stereocenters. The predicted molar refractivity (Wildman–Crippen MR) is 134 cm³/mol. The number of fused-ring (bicyclic) bond motifs is 2. The third-order valence-corrected chi connectivity index (χ3v) is 7.31. The molecule has 11 heteroatoms. The van der Waals surface area contributed by atoms with Crippen LogP contribution in [-0.2, 0) is 22.6 Å². The smallest absolute Gasteiger partial charge is 0.323 e. The van der Waals surface area contributed by atoms with Gasteiger partial charge in [0.1, 0.15) is 24.2 Å². The summed E-state index contributed by atoms with van der Waals surface area (Å²) < 4.78 is 21.0. The Labute approximate surface area is 216 Å². The highest BCUT2D eigenvalue weighted by Crippen LogP contribution is 2.49. The molecule has 1 aliphatic carbocycles. The summed E-state index contributed by atoms with van der Waals surface area (Å²) in [6.07, 6.45) is 2.33. The lowest BCUT2D eigenvalue weighted by Gasteiger charge is -2.27. The van der Waals surface area contributed by atoms with Crippen LogP contribution in [0.25, 0.3) is 10.9 Å². The molecule has 4 N–H and O–H groups in total. The fourth-order valence-electron chi connectivity index (χ4n) is 5.15. The summed E-state index contributed by atoms with van der Waals surface area (Å²) >= 11 is 5.84. The minimum atomic E-state index is -0.694. The molecular weight excluding hydrogens is 503 g/mol. The van der Waals surface area contributed by atoms with Crippen LogP contribution in [0.15, 0.2) is 42.6 Å². The van der Waals surface area contributed by atoms with Crippen LogP contribution >= 0.6 is 11.6 Å². The van der Waals surface area contributed by atoms with Crippen LogP contribution in [0, 0.1) is 17.7 Å². The summed E-state index contributed by atoms with van der Waals surface area (Å²) in [6, 6.07) is 8.26. The van der Waals surface area contributed by atoms with E-state index < -0.39 is 17.9 Å². The maximum atomic E-state index is 14.2. The third kappa shape index (κ3) is 4.86. The van der Waals surface area contributed by atoms with Crippen LogP contribution in [0.3, 0.4) is 0 Å². The van der Waals surface area contributed by atoms with Gasteiger partial charge in [0.25, 0.3) is 0 Å². The van der Waals surface area contributed by atoms with Gasteiger partial charge in [0, 0.05) is 30.2 Å². The van der Waals surface area contributed by atoms with Crippen LogP contribution in [0.4, 0.5) is 9.18 Å². The molecule has 3 aromatic rings. The second kappa shape index (κ2) is 10.0. The van der Waals surface area contributed by atoms with Crippen molar-refractivity contribution in [2.45, 2.75) is 25.4 Å². The molecule has 37 heavy (non-hydrogen) atoms. The molecule has 3 amide bonds. The first-order valence-corrected chi connectivity index (χ1v) is 12.3. The number of nitrogens with one attached hydrogen (secondary N) is 1. The van der Waals surface area contributed by atoms with E-state index >= 15 is 0 Å². The Kier molecular flexibility index (Phi) is 6.78. The zero-order valence-electron chi connectivity index (χ0n) is 19.8. The second-order valence-corrected chi connectivity index (χ2v) is 9.78. The zero-order chi connectivity index (χ0) is 26.3. The number of hydrogen-bond donors (Lipinski definition) is 3. The number of aliphatic hydroxyl groups is 1. The summed E-state index contributed by atoms with van der Waals surface area (Å²) in [5, 5.41) is 12.4. The van der Waals surface area contributed by atoms with Gasteiger partial charge in [0.05, 0.1) is 23.6 Å². The largest absolute Gasteiger partial charge is 0.491 e. The Morgan fingerprint density at radius 3 is 2.78 bits per heavy atom. The Morgan fingerprint density at radius 1 is 1.22 bits per heavy atom. The third-order valence-electron chi connectivity index (χ3n) is 7.02. The highest BCUT2D eigenvalue weighted by atomic mass is 35.5. The molecule has 2 heterocycles. The summed E-state index contributed by atoms with van der Waals surface area (Å²) in [4.78, 5) is 40.1. The minimum Gasteiger partial charge on any atom is -0.491 e. The van der Waals surface area contributed by atoms with Gasteiger partial charge in [0.15, 0.2) is 0 Å². The van der Waals surface area contributed by atoms with Crippen molar-refractivity contribution in [1.29, 1.82) is 0 Å². The van der Waals surface area contributed by atoms with Crippen LogP contribution in [-0.4, -0.2) is 58.2 Å². The van der Waals surface area contributed by atoms with Crippen molar-refractivity contribution in [1.82, 2.24) is 14.8 Å². The molecule has 1 aliphatic heterocycles. The molecule has 2 aliphatic rings. The summed E-state index contributed by atoms with van der Waals surface area (Å²) in [5.74, 6) is -0.373. The summed E-state index contributed by atoms with van der Waals surface area (Å²) in [7, 11) is 0. The van der Waals surface area contributed by atoms with Gasteiger partial charge in [0.2, 0.25) is 11.8 Å². The van der Waals surface area contributed by atoms with E-state index in [0.29, 0.717) is 28.8 Å². The normalized spacial score (nSPS) is 20.1. The van der Waals surface area contributed by atoms with Crippen molar-refractivity contribution >= 4 is 40.3 Å². The molecular formula is C26H26ClFN4O5. The Balaban J connectivity index is 1.34.